The number of aromatic nitrogens is 2. The van der Waals surface area contributed by atoms with Gasteiger partial charge in [0.1, 0.15) is 12.5 Å². The maximum Gasteiger partial charge on any atom is 0.131 e. The van der Waals surface area contributed by atoms with Gasteiger partial charge in [-0.1, -0.05) is 12.1 Å². The first-order valence-electron chi connectivity index (χ1n) is 9.80. The predicted molar refractivity (Wildman–Crippen MR) is 102 cm³/mol. The van der Waals surface area contributed by atoms with E-state index >= 15 is 0 Å². The molecule has 0 aliphatic carbocycles. The molecule has 4 heterocycles. The lowest BCUT2D eigenvalue weighted by molar-refractivity contribution is 0.241. The summed E-state index contributed by atoms with van der Waals surface area (Å²) in [6, 6.07) is 11.0. The molecule has 0 N–H and O–H groups in total. The van der Waals surface area contributed by atoms with Crippen LogP contribution in [0.25, 0.3) is 11.0 Å². The molecule has 1 atom stereocenters. The summed E-state index contributed by atoms with van der Waals surface area (Å²) in [5, 5.41) is 0. The molecular weight excluding hydrogens is 344 g/mol. The first kappa shape index (κ1) is 16.9. The summed E-state index contributed by atoms with van der Waals surface area (Å²) < 4.78 is 28.8. The van der Waals surface area contributed by atoms with Crippen LogP contribution in [0.1, 0.15) is 41.4 Å². The van der Waals surface area contributed by atoms with Crippen LogP contribution in [0.4, 0.5) is 8.78 Å². The van der Waals surface area contributed by atoms with Crippen LogP contribution < -0.4 is 0 Å². The van der Waals surface area contributed by atoms with Crippen molar-refractivity contribution >= 4 is 11.0 Å². The van der Waals surface area contributed by atoms with Crippen LogP contribution in [-0.2, 0) is 26.1 Å². The fourth-order valence-corrected chi connectivity index (χ4v) is 4.85. The van der Waals surface area contributed by atoms with Crippen molar-refractivity contribution < 1.29 is 8.78 Å². The Morgan fingerprint density at radius 3 is 2.74 bits per heavy atom. The Kier molecular flexibility index (Phi) is 4.20. The first-order chi connectivity index (χ1) is 13.2. The number of alkyl halides is 1. The van der Waals surface area contributed by atoms with Crippen molar-refractivity contribution in [2.45, 2.75) is 44.9 Å². The van der Waals surface area contributed by atoms with E-state index in [1.165, 1.54) is 29.8 Å². The van der Waals surface area contributed by atoms with Gasteiger partial charge in [-0.05, 0) is 55.6 Å². The highest BCUT2D eigenvalue weighted by atomic mass is 19.1. The maximum atomic E-state index is 13.3. The van der Waals surface area contributed by atoms with Crippen LogP contribution in [-0.4, -0.2) is 27.5 Å². The lowest BCUT2D eigenvalue weighted by Gasteiger charge is -2.30. The zero-order valence-corrected chi connectivity index (χ0v) is 15.3. The van der Waals surface area contributed by atoms with Gasteiger partial charge in [0.25, 0.3) is 0 Å². The summed E-state index contributed by atoms with van der Waals surface area (Å²) in [4.78, 5) is 7.23. The topological polar surface area (TPSA) is 21.1 Å². The van der Waals surface area contributed by atoms with Gasteiger partial charge in [-0.15, -0.1) is 0 Å². The Morgan fingerprint density at radius 2 is 1.93 bits per heavy atom. The van der Waals surface area contributed by atoms with Crippen molar-refractivity contribution in [3.05, 3.63) is 64.7 Å². The summed E-state index contributed by atoms with van der Waals surface area (Å²) in [6.07, 6.45) is 4.23. The second-order valence-electron chi connectivity index (χ2n) is 7.64. The molecule has 140 valence electrons. The van der Waals surface area contributed by atoms with E-state index in [0.29, 0.717) is 11.7 Å². The number of rotatable bonds is 4. The van der Waals surface area contributed by atoms with Gasteiger partial charge in [0.2, 0.25) is 0 Å². The Morgan fingerprint density at radius 1 is 1.07 bits per heavy atom. The molecule has 3 nitrogen and oxygen atoms in total. The van der Waals surface area contributed by atoms with E-state index in [4.69, 9.17) is 0 Å². The molecule has 1 aromatic carbocycles. The second-order valence-corrected chi connectivity index (χ2v) is 7.64. The number of hydrogen-bond acceptors (Lipinski definition) is 2. The number of pyridine rings is 1. The molecule has 1 unspecified atom stereocenters. The average Bonchev–Trinajstić information content (AvgIpc) is 3.29. The van der Waals surface area contributed by atoms with Gasteiger partial charge in [-0.2, -0.15) is 0 Å². The average molecular weight is 367 g/mol. The van der Waals surface area contributed by atoms with E-state index in [9.17, 15) is 8.78 Å². The lowest BCUT2D eigenvalue weighted by Crippen LogP contribution is -2.31. The molecule has 0 radical (unpaired) electrons. The van der Waals surface area contributed by atoms with E-state index < -0.39 is 6.67 Å². The van der Waals surface area contributed by atoms with Crippen molar-refractivity contribution in [2.75, 3.05) is 13.1 Å². The van der Waals surface area contributed by atoms with Crippen LogP contribution in [0.5, 0.6) is 0 Å². The van der Waals surface area contributed by atoms with Crippen molar-refractivity contribution in [2.24, 2.45) is 0 Å². The Hall–Kier alpha value is -2.27. The molecule has 0 amide bonds. The molecule has 0 saturated carbocycles. The minimum Gasteiger partial charge on any atom is -0.343 e. The molecule has 2 aliphatic heterocycles. The third kappa shape index (κ3) is 2.85. The van der Waals surface area contributed by atoms with Crippen molar-refractivity contribution in [1.82, 2.24) is 14.5 Å². The third-order valence-electron chi connectivity index (χ3n) is 6.12. The number of benzene rings is 1. The summed E-state index contributed by atoms with van der Waals surface area (Å²) in [5.41, 5.74) is 6.40. The van der Waals surface area contributed by atoms with Crippen LogP contribution >= 0.6 is 0 Å². The summed E-state index contributed by atoms with van der Waals surface area (Å²) in [7, 11) is 0. The summed E-state index contributed by atoms with van der Waals surface area (Å²) in [5.74, 6) is -0.202. The van der Waals surface area contributed by atoms with Crippen molar-refractivity contribution in [3.8, 4) is 0 Å². The van der Waals surface area contributed by atoms with Gasteiger partial charge in [0.15, 0.2) is 0 Å². The molecule has 2 aliphatic rings. The van der Waals surface area contributed by atoms with Crippen LogP contribution in [0.15, 0.2) is 36.4 Å². The van der Waals surface area contributed by atoms with Crippen molar-refractivity contribution in [3.63, 3.8) is 0 Å². The van der Waals surface area contributed by atoms with E-state index in [0.717, 1.165) is 55.5 Å². The smallest absolute Gasteiger partial charge is 0.131 e. The van der Waals surface area contributed by atoms with Gasteiger partial charge in [-0.3, -0.25) is 4.90 Å². The third-order valence-corrected chi connectivity index (χ3v) is 6.12. The number of aryl methyl sites for hydroxylation is 2. The van der Waals surface area contributed by atoms with Gasteiger partial charge < -0.3 is 4.57 Å². The molecule has 5 rings (SSSR count). The van der Waals surface area contributed by atoms with Crippen LogP contribution in [0.3, 0.4) is 0 Å². The predicted octanol–water partition coefficient (Wildman–Crippen LogP) is 4.58. The fraction of sp³-hybridized carbons (Fsp3) is 0.409. The quantitative estimate of drug-likeness (QED) is 0.673. The summed E-state index contributed by atoms with van der Waals surface area (Å²) in [6.45, 7) is 2.54. The monoisotopic (exact) mass is 367 g/mol. The number of fused-ring (bicyclic) bond motifs is 5. The van der Waals surface area contributed by atoms with Gasteiger partial charge in [0, 0.05) is 36.8 Å². The number of nitrogens with zero attached hydrogens (tertiary/aromatic N) is 3. The maximum absolute atomic E-state index is 13.3. The standard InChI is InChI=1S/C22H23F2N3/c23-14-17-7-8-20-22(25-17)21-18-2-1-11-26(18)12-10-19(21)27(20)13-9-15-3-5-16(24)6-4-15/h3-8,18H,1-2,9-14H2. The van der Waals surface area contributed by atoms with Gasteiger partial charge in [0.05, 0.1) is 16.7 Å². The molecule has 3 aromatic rings. The Balaban J connectivity index is 1.58. The zero-order chi connectivity index (χ0) is 18.4. The number of halogens is 2. The highest BCUT2D eigenvalue weighted by Crippen LogP contribution is 2.42. The second kappa shape index (κ2) is 6.71. The van der Waals surface area contributed by atoms with Crippen molar-refractivity contribution in [1.29, 1.82) is 0 Å². The van der Waals surface area contributed by atoms with E-state index in [1.807, 2.05) is 18.2 Å². The number of hydrogen-bond donors (Lipinski definition) is 0. The normalized spacial score (nSPS) is 19.4. The Bertz CT molecular complexity index is 977. The van der Waals surface area contributed by atoms with Gasteiger partial charge >= 0.3 is 0 Å². The highest BCUT2D eigenvalue weighted by Gasteiger charge is 2.35. The minimum atomic E-state index is -0.528. The van der Waals surface area contributed by atoms with E-state index in [1.54, 1.807) is 6.07 Å². The molecule has 2 aromatic heterocycles. The highest BCUT2D eigenvalue weighted by molar-refractivity contribution is 5.83. The largest absolute Gasteiger partial charge is 0.343 e. The fourth-order valence-electron chi connectivity index (χ4n) is 4.85. The molecule has 0 bridgehead atoms. The van der Waals surface area contributed by atoms with E-state index in [2.05, 4.69) is 14.5 Å². The zero-order valence-electron chi connectivity index (χ0n) is 15.3. The first-order valence-corrected chi connectivity index (χ1v) is 9.80. The SMILES string of the molecule is FCc1ccc2c(n1)c1c(n2CCc2ccc(F)cc2)CCN2CCCC12. The molecule has 1 fully saturated rings. The van der Waals surface area contributed by atoms with Gasteiger partial charge in [-0.25, -0.2) is 13.8 Å². The lowest BCUT2D eigenvalue weighted by atomic mass is 9.98. The molecule has 1 saturated heterocycles. The molecule has 5 heteroatoms. The molecule has 27 heavy (non-hydrogen) atoms. The van der Waals surface area contributed by atoms with Crippen LogP contribution in [0.2, 0.25) is 0 Å². The Labute approximate surface area is 157 Å². The molecular formula is C22H23F2N3. The molecule has 0 spiro atoms. The van der Waals surface area contributed by atoms with E-state index in [-0.39, 0.29) is 5.82 Å². The summed E-state index contributed by atoms with van der Waals surface area (Å²) >= 11 is 0. The minimum absolute atomic E-state index is 0.202. The van der Waals surface area contributed by atoms with Crippen LogP contribution in [0, 0.1) is 5.82 Å².